The molecule has 0 fully saturated rings. The number of carbonyl (C=O) groups is 1. The van der Waals surface area contributed by atoms with E-state index in [9.17, 15) is 14.9 Å². The molecule has 1 amide bonds. The third-order valence-corrected chi connectivity index (χ3v) is 3.37. The molecule has 3 rings (SSSR count). The van der Waals surface area contributed by atoms with Crippen LogP contribution in [0, 0.1) is 10.1 Å². The number of hydrogen-bond acceptors (Lipinski definition) is 5. The van der Waals surface area contributed by atoms with E-state index in [1.165, 1.54) is 0 Å². The molecule has 0 unspecified atom stereocenters. The molecular formula is C11H12N6O3. The maximum Gasteiger partial charge on any atom is 0.343 e. The molecule has 1 aliphatic heterocycles. The number of nitro groups is 1. The number of carbonyl (C=O) groups excluding carboxylic acids is 1. The van der Waals surface area contributed by atoms with E-state index in [2.05, 4.69) is 20.4 Å². The van der Waals surface area contributed by atoms with Crippen molar-refractivity contribution >= 4 is 11.7 Å². The van der Waals surface area contributed by atoms with Crippen molar-refractivity contribution in [1.82, 2.24) is 25.3 Å². The van der Waals surface area contributed by atoms with Gasteiger partial charge in [-0.15, -0.1) is 5.10 Å². The first-order valence-electron chi connectivity index (χ1n) is 6.07. The van der Waals surface area contributed by atoms with Crippen molar-refractivity contribution in [2.24, 2.45) is 0 Å². The fourth-order valence-corrected chi connectivity index (χ4v) is 2.40. The number of aromatic amines is 2. The standard InChI is InChI=1S/C11H12N6O3/c1-6-4-16(5-7-3-12-15-10(6)7)11(18)8-2-9(14-13-8)17(19)20/h2-3,6H,4-5H2,1H3,(H,12,15)(H,13,14)/t6-/m0/s1. The Hall–Kier alpha value is -2.71. The minimum Gasteiger partial charge on any atom is -0.358 e. The zero-order valence-electron chi connectivity index (χ0n) is 10.7. The van der Waals surface area contributed by atoms with E-state index < -0.39 is 4.92 Å². The van der Waals surface area contributed by atoms with Crippen LogP contribution in [-0.2, 0) is 6.54 Å². The molecule has 0 saturated heterocycles. The molecule has 0 aliphatic carbocycles. The van der Waals surface area contributed by atoms with E-state index in [4.69, 9.17) is 0 Å². The van der Waals surface area contributed by atoms with Gasteiger partial charge in [0.15, 0.2) is 5.69 Å². The van der Waals surface area contributed by atoms with Crippen LogP contribution in [0.2, 0.25) is 0 Å². The highest BCUT2D eigenvalue weighted by Crippen LogP contribution is 2.26. The number of hydrogen-bond donors (Lipinski definition) is 2. The Morgan fingerprint density at radius 3 is 3.05 bits per heavy atom. The molecule has 9 nitrogen and oxygen atoms in total. The van der Waals surface area contributed by atoms with Crippen molar-refractivity contribution in [3.63, 3.8) is 0 Å². The average molecular weight is 276 g/mol. The SMILES string of the molecule is C[C@H]1CN(C(=O)c2cc([N+](=O)[O-])[nH]n2)Cc2cn[nH]c21. The van der Waals surface area contributed by atoms with Crippen LogP contribution in [0.15, 0.2) is 12.3 Å². The molecule has 0 aromatic carbocycles. The van der Waals surface area contributed by atoms with Crippen LogP contribution in [0.1, 0.15) is 34.6 Å². The number of fused-ring (bicyclic) bond motifs is 1. The molecule has 0 bridgehead atoms. The van der Waals surface area contributed by atoms with Crippen molar-refractivity contribution in [1.29, 1.82) is 0 Å². The van der Waals surface area contributed by atoms with Gasteiger partial charge in [-0.25, -0.2) is 0 Å². The first-order valence-corrected chi connectivity index (χ1v) is 6.07. The summed E-state index contributed by atoms with van der Waals surface area (Å²) < 4.78 is 0. The molecule has 2 aromatic rings. The molecule has 20 heavy (non-hydrogen) atoms. The third kappa shape index (κ3) is 1.92. The van der Waals surface area contributed by atoms with Gasteiger partial charge in [-0.2, -0.15) is 5.10 Å². The Balaban J connectivity index is 1.83. The van der Waals surface area contributed by atoms with Crippen LogP contribution in [0.3, 0.4) is 0 Å². The lowest BCUT2D eigenvalue weighted by atomic mass is 9.98. The molecule has 1 aliphatic rings. The Labute approximate surface area is 113 Å². The van der Waals surface area contributed by atoms with Gasteiger partial charge in [0.1, 0.15) is 0 Å². The molecule has 2 N–H and O–H groups in total. The lowest BCUT2D eigenvalue weighted by Gasteiger charge is -2.29. The van der Waals surface area contributed by atoms with E-state index >= 15 is 0 Å². The Kier molecular flexibility index (Phi) is 2.74. The molecular weight excluding hydrogens is 264 g/mol. The first-order chi connectivity index (χ1) is 9.56. The molecule has 104 valence electrons. The third-order valence-electron chi connectivity index (χ3n) is 3.37. The lowest BCUT2D eigenvalue weighted by Crippen LogP contribution is -2.37. The lowest BCUT2D eigenvalue weighted by molar-refractivity contribution is -0.389. The van der Waals surface area contributed by atoms with Crippen LogP contribution in [0.4, 0.5) is 5.82 Å². The summed E-state index contributed by atoms with van der Waals surface area (Å²) in [6.45, 7) is 2.94. The van der Waals surface area contributed by atoms with Crippen molar-refractivity contribution in [2.75, 3.05) is 6.54 Å². The summed E-state index contributed by atoms with van der Waals surface area (Å²) in [5.74, 6) is -0.477. The van der Waals surface area contributed by atoms with Gasteiger partial charge in [0.05, 0.1) is 12.3 Å². The summed E-state index contributed by atoms with van der Waals surface area (Å²) in [5.41, 5.74) is 2.04. The number of nitrogens with one attached hydrogen (secondary N) is 2. The summed E-state index contributed by atoms with van der Waals surface area (Å²) in [4.78, 5) is 23.9. The second-order valence-corrected chi connectivity index (χ2v) is 4.79. The van der Waals surface area contributed by atoms with E-state index in [1.807, 2.05) is 6.92 Å². The number of H-pyrrole nitrogens is 2. The quantitative estimate of drug-likeness (QED) is 0.620. The van der Waals surface area contributed by atoms with Gasteiger partial charge < -0.3 is 15.0 Å². The number of amides is 1. The Bertz CT molecular complexity index is 675. The fraction of sp³-hybridized carbons (Fsp3) is 0.364. The van der Waals surface area contributed by atoms with Crippen LogP contribution in [0.25, 0.3) is 0 Å². The highest BCUT2D eigenvalue weighted by molar-refractivity contribution is 5.93. The predicted molar refractivity (Wildman–Crippen MR) is 67.0 cm³/mol. The summed E-state index contributed by atoms with van der Waals surface area (Å²) in [7, 11) is 0. The summed E-state index contributed by atoms with van der Waals surface area (Å²) in [6.07, 6.45) is 1.69. The highest BCUT2D eigenvalue weighted by Gasteiger charge is 2.29. The maximum absolute atomic E-state index is 12.3. The number of nitrogens with zero attached hydrogens (tertiary/aromatic N) is 4. The van der Waals surface area contributed by atoms with E-state index in [1.54, 1.807) is 11.1 Å². The van der Waals surface area contributed by atoms with Crippen LogP contribution in [-0.4, -0.2) is 42.7 Å². The molecule has 9 heteroatoms. The van der Waals surface area contributed by atoms with Crippen molar-refractivity contribution < 1.29 is 9.72 Å². The zero-order valence-corrected chi connectivity index (χ0v) is 10.7. The van der Waals surface area contributed by atoms with E-state index in [-0.39, 0.29) is 23.3 Å². The molecule has 2 aromatic heterocycles. The Morgan fingerprint density at radius 2 is 2.35 bits per heavy atom. The van der Waals surface area contributed by atoms with Gasteiger partial charge in [0.2, 0.25) is 0 Å². The predicted octanol–water partition coefficient (Wildman–Crippen LogP) is 0.800. The van der Waals surface area contributed by atoms with Crippen LogP contribution >= 0.6 is 0 Å². The molecule has 1 atom stereocenters. The summed E-state index contributed by atoms with van der Waals surface area (Å²) in [5, 5.41) is 23.4. The van der Waals surface area contributed by atoms with E-state index in [0.29, 0.717) is 13.1 Å². The molecule has 0 radical (unpaired) electrons. The molecule has 0 saturated carbocycles. The van der Waals surface area contributed by atoms with Gasteiger partial charge in [0.25, 0.3) is 5.91 Å². The number of aromatic nitrogens is 4. The zero-order chi connectivity index (χ0) is 14.3. The monoisotopic (exact) mass is 276 g/mol. The second-order valence-electron chi connectivity index (χ2n) is 4.79. The smallest absolute Gasteiger partial charge is 0.343 e. The summed E-state index contributed by atoms with van der Waals surface area (Å²) in [6, 6.07) is 1.15. The average Bonchev–Trinajstić information content (AvgIpc) is 3.06. The van der Waals surface area contributed by atoms with Crippen LogP contribution in [0.5, 0.6) is 0 Å². The minimum absolute atomic E-state index is 0.0517. The largest absolute Gasteiger partial charge is 0.358 e. The number of rotatable bonds is 2. The van der Waals surface area contributed by atoms with Gasteiger partial charge in [-0.1, -0.05) is 12.0 Å². The molecule has 3 heterocycles. The second kappa shape index (κ2) is 4.44. The van der Waals surface area contributed by atoms with Crippen molar-refractivity contribution in [3.8, 4) is 0 Å². The van der Waals surface area contributed by atoms with E-state index in [0.717, 1.165) is 17.3 Å². The van der Waals surface area contributed by atoms with Gasteiger partial charge in [-0.05, 0) is 4.92 Å². The minimum atomic E-state index is -0.614. The van der Waals surface area contributed by atoms with Crippen molar-refractivity contribution in [3.05, 3.63) is 39.3 Å². The van der Waals surface area contributed by atoms with Gasteiger partial charge >= 0.3 is 5.82 Å². The van der Waals surface area contributed by atoms with Gasteiger partial charge in [-0.3, -0.25) is 9.89 Å². The van der Waals surface area contributed by atoms with Gasteiger partial charge in [0, 0.05) is 30.3 Å². The molecule has 0 spiro atoms. The maximum atomic E-state index is 12.3. The highest BCUT2D eigenvalue weighted by atomic mass is 16.6. The first kappa shape index (κ1) is 12.3. The van der Waals surface area contributed by atoms with Crippen molar-refractivity contribution in [2.45, 2.75) is 19.4 Å². The fourth-order valence-electron chi connectivity index (χ4n) is 2.40. The Morgan fingerprint density at radius 1 is 1.55 bits per heavy atom. The summed E-state index contributed by atoms with van der Waals surface area (Å²) >= 11 is 0. The normalized spacial score (nSPS) is 17.9. The van der Waals surface area contributed by atoms with Crippen LogP contribution < -0.4 is 0 Å². The topological polar surface area (TPSA) is 121 Å².